The molecule has 3 rings (SSSR count). The third-order valence-corrected chi connectivity index (χ3v) is 4.34. The van der Waals surface area contributed by atoms with Gasteiger partial charge in [0.05, 0.1) is 0 Å². The number of carbonyl (C=O) groups excluding carboxylic acids is 2. The van der Waals surface area contributed by atoms with Gasteiger partial charge in [-0.3, -0.25) is 14.2 Å². The Morgan fingerprint density at radius 1 is 1.27 bits per heavy atom. The van der Waals surface area contributed by atoms with Crippen molar-refractivity contribution in [3.8, 4) is 0 Å². The first-order valence-electron chi connectivity index (χ1n) is 7.77. The molecule has 120 valence electrons. The summed E-state index contributed by atoms with van der Waals surface area (Å²) in [7, 11) is 1.71. The van der Waals surface area contributed by atoms with E-state index in [0.717, 1.165) is 31.5 Å². The van der Waals surface area contributed by atoms with Gasteiger partial charge in [0.2, 0.25) is 11.8 Å². The molecule has 2 aliphatic rings. The van der Waals surface area contributed by atoms with E-state index < -0.39 is 6.04 Å². The molecule has 22 heavy (non-hydrogen) atoms. The lowest BCUT2D eigenvalue weighted by molar-refractivity contribution is -0.132. The summed E-state index contributed by atoms with van der Waals surface area (Å²) in [6, 6.07) is -0.478. The Morgan fingerprint density at radius 2 is 2.09 bits per heavy atom. The van der Waals surface area contributed by atoms with Gasteiger partial charge in [0.15, 0.2) is 0 Å². The number of aryl methyl sites for hydroxylation is 1. The molecule has 0 radical (unpaired) electrons. The van der Waals surface area contributed by atoms with Crippen molar-refractivity contribution in [2.24, 2.45) is 0 Å². The molecule has 0 bridgehead atoms. The zero-order valence-corrected chi connectivity index (χ0v) is 12.7. The summed E-state index contributed by atoms with van der Waals surface area (Å²) in [6.07, 6.45) is 4.46. The molecule has 0 aromatic carbocycles. The Balaban J connectivity index is 1.67. The monoisotopic (exact) mass is 307 g/mol. The van der Waals surface area contributed by atoms with Crippen LogP contribution >= 0.6 is 0 Å². The second-order valence-corrected chi connectivity index (χ2v) is 5.99. The summed E-state index contributed by atoms with van der Waals surface area (Å²) in [5, 5.41) is 6.96. The zero-order chi connectivity index (χ0) is 15.7. The number of hydrogen-bond acceptors (Lipinski definition) is 4. The Hall–Kier alpha value is -2.12. The van der Waals surface area contributed by atoms with E-state index in [2.05, 4.69) is 10.4 Å². The highest BCUT2D eigenvalue weighted by molar-refractivity contribution is 5.88. The summed E-state index contributed by atoms with van der Waals surface area (Å²) in [5.41, 5.74) is -0.234. The number of rotatable bonds is 3. The van der Waals surface area contributed by atoms with Gasteiger partial charge < -0.3 is 10.2 Å². The van der Waals surface area contributed by atoms with Crippen molar-refractivity contribution in [3.05, 3.63) is 16.3 Å². The molecule has 8 nitrogen and oxygen atoms in total. The second kappa shape index (κ2) is 5.94. The Bertz CT molecular complexity index is 647. The van der Waals surface area contributed by atoms with Gasteiger partial charge in [-0.1, -0.05) is 6.42 Å². The lowest BCUT2D eigenvalue weighted by atomic mass is 10.2. The van der Waals surface area contributed by atoms with E-state index >= 15 is 0 Å². The molecule has 3 heterocycles. The quantitative estimate of drug-likeness (QED) is 0.785. The number of aromatic nitrogens is 3. The maximum atomic E-state index is 12.3. The Labute approximate surface area is 128 Å². The molecular formula is C14H21N5O3. The highest BCUT2D eigenvalue weighted by Crippen LogP contribution is 2.10. The molecule has 0 unspecified atom stereocenters. The van der Waals surface area contributed by atoms with Gasteiger partial charge in [0.1, 0.15) is 18.4 Å². The Kier molecular flexibility index (Phi) is 4.00. The number of likely N-dealkylation sites (tertiary alicyclic amines) is 1. The average Bonchev–Trinajstić information content (AvgIpc) is 2.85. The molecule has 2 amide bonds. The predicted molar refractivity (Wildman–Crippen MR) is 78.2 cm³/mol. The number of amides is 2. The van der Waals surface area contributed by atoms with Crippen molar-refractivity contribution in [2.45, 2.75) is 51.2 Å². The zero-order valence-electron chi connectivity index (χ0n) is 12.7. The summed E-state index contributed by atoms with van der Waals surface area (Å²) in [6.45, 7) is 1.18. The number of hydrogen-bond donors (Lipinski definition) is 1. The molecule has 1 aromatic heterocycles. The van der Waals surface area contributed by atoms with Crippen molar-refractivity contribution in [1.82, 2.24) is 24.6 Å². The fourth-order valence-electron chi connectivity index (χ4n) is 3.06. The van der Waals surface area contributed by atoms with E-state index in [9.17, 15) is 14.4 Å². The molecule has 2 aliphatic heterocycles. The van der Waals surface area contributed by atoms with E-state index in [1.165, 1.54) is 4.68 Å². The van der Waals surface area contributed by atoms with Gasteiger partial charge in [-0.05, 0) is 19.3 Å². The lowest BCUT2D eigenvalue weighted by Gasteiger charge is -2.11. The largest absolute Gasteiger partial charge is 0.346 e. The molecule has 1 fully saturated rings. The third-order valence-electron chi connectivity index (χ3n) is 4.34. The maximum absolute atomic E-state index is 12.3. The lowest BCUT2D eigenvalue weighted by Crippen LogP contribution is -2.43. The van der Waals surface area contributed by atoms with Crippen LogP contribution in [0.25, 0.3) is 0 Å². The van der Waals surface area contributed by atoms with Crippen LogP contribution in [0, 0.1) is 0 Å². The maximum Gasteiger partial charge on any atom is 0.346 e. The van der Waals surface area contributed by atoms with E-state index in [0.29, 0.717) is 19.5 Å². The highest BCUT2D eigenvalue weighted by Gasteiger charge is 2.30. The van der Waals surface area contributed by atoms with Crippen molar-refractivity contribution >= 4 is 11.8 Å². The van der Waals surface area contributed by atoms with E-state index in [1.54, 1.807) is 16.5 Å². The van der Waals surface area contributed by atoms with Gasteiger partial charge in [-0.15, -0.1) is 0 Å². The third kappa shape index (κ3) is 2.77. The minimum absolute atomic E-state index is 0.0821. The summed E-state index contributed by atoms with van der Waals surface area (Å²) in [4.78, 5) is 37.7. The van der Waals surface area contributed by atoms with Crippen LogP contribution in [0.2, 0.25) is 0 Å². The first kappa shape index (κ1) is 14.8. The fraction of sp³-hybridized carbons (Fsp3) is 0.714. The molecule has 1 atom stereocenters. The van der Waals surface area contributed by atoms with Crippen LogP contribution in [-0.4, -0.2) is 50.7 Å². The minimum Gasteiger partial charge on any atom is -0.344 e. The molecule has 0 spiro atoms. The van der Waals surface area contributed by atoms with Crippen molar-refractivity contribution in [1.29, 1.82) is 0 Å². The number of nitrogens with zero attached hydrogens (tertiary/aromatic N) is 4. The van der Waals surface area contributed by atoms with Gasteiger partial charge in [-0.2, -0.15) is 5.10 Å². The normalized spacial score (nSPS) is 21.6. The molecule has 1 saturated heterocycles. The molecule has 1 aromatic rings. The highest BCUT2D eigenvalue weighted by atomic mass is 16.2. The molecule has 0 aliphatic carbocycles. The number of fused-ring (bicyclic) bond motifs is 1. The summed E-state index contributed by atoms with van der Waals surface area (Å²) < 4.78 is 2.87. The first-order valence-corrected chi connectivity index (χ1v) is 7.77. The van der Waals surface area contributed by atoms with Gasteiger partial charge in [0, 0.05) is 26.6 Å². The van der Waals surface area contributed by atoms with Gasteiger partial charge in [-0.25, -0.2) is 9.48 Å². The van der Waals surface area contributed by atoms with Crippen molar-refractivity contribution in [3.63, 3.8) is 0 Å². The first-order chi connectivity index (χ1) is 10.6. The van der Waals surface area contributed by atoms with Crippen LogP contribution in [0.15, 0.2) is 4.79 Å². The Morgan fingerprint density at radius 3 is 2.82 bits per heavy atom. The average molecular weight is 307 g/mol. The minimum atomic E-state index is -0.478. The molecule has 8 heteroatoms. The molecular weight excluding hydrogens is 286 g/mol. The number of nitrogens with one attached hydrogen (secondary N) is 1. The molecule has 1 N–H and O–H groups in total. The molecule has 0 saturated carbocycles. The summed E-state index contributed by atoms with van der Waals surface area (Å²) in [5.74, 6) is 0.331. The fourth-order valence-corrected chi connectivity index (χ4v) is 3.06. The summed E-state index contributed by atoms with van der Waals surface area (Å²) >= 11 is 0. The number of carbonyl (C=O) groups is 2. The van der Waals surface area contributed by atoms with E-state index in [4.69, 9.17) is 0 Å². The van der Waals surface area contributed by atoms with Crippen LogP contribution < -0.4 is 11.0 Å². The van der Waals surface area contributed by atoms with Crippen LogP contribution in [0.1, 0.15) is 31.5 Å². The van der Waals surface area contributed by atoms with E-state index in [-0.39, 0.29) is 24.0 Å². The number of likely N-dealkylation sites (N-methyl/N-ethyl adjacent to an activating group) is 1. The van der Waals surface area contributed by atoms with Crippen LogP contribution in [0.3, 0.4) is 0 Å². The standard InChI is InChI=1S/C14H21N5O3/c1-17-8-6-10(13(17)21)15-12(20)9-19-14(22)18-7-4-2-3-5-11(18)16-19/h10H,2-9H2,1H3,(H,15,20)/t10-/m0/s1. The van der Waals surface area contributed by atoms with Crippen LogP contribution in [-0.2, 0) is 29.1 Å². The van der Waals surface area contributed by atoms with E-state index in [1.807, 2.05) is 0 Å². The topological polar surface area (TPSA) is 89.2 Å². The van der Waals surface area contributed by atoms with Gasteiger partial charge >= 0.3 is 5.69 Å². The van der Waals surface area contributed by atoms with Crippen molar-refractivity contribution < 1.29 is 9.59 Å². The smallest absolute Gasteiger partial charge is 0.344 e. The van der Waals surface area contributed by atoms with Crippen molar-refractivity contribution in [2.75, 3.05) is 13.6 Å². The van der Waals surface area contributed by atoms with Crippen LogP contribution in [0.5, 0.6) is 0 Å². The van der Waals surface area contributed by atoms with Gasteiger partial charge in [0.25, 0.3) is 0 Å². The predicted octanol–water partition coefficient (Wildman–Crippen LogP) is -0.882. The SMILES string of the molecule is CN1CC[C@H](NC(=O)Cn2nc3n(c2=O)CCCCC3)C1=O. The van der Waals surface area contributed by atoms with Crippen LogP contribution in [0.4, 0.5) is 0 Å². The second-order valence-electron chi connectivity index (χ2n) is 5.99.